The Labute approximate surface area is 215 Å². The molecule has 3 heterocycles. The zero-order valence-electron chi connectivity index (χ0n) is 19.6. The molecule has 38 heavy (non-hydrogen) atoms. The van der Waals surface area contributed by atoms with Gasteiger partial charge in [-0.1, -0.05) is 18.2 Å². The highest BCUT2D eigenvalue weighted by Crippen LogP contribution is 2.51. The van der Waals surface area contributed by atoms with Gasteiger partial charge in [0.2, 0.25) is 6.29 Å². The molecule has 7 N–H and O–H groups in total. The maximum absolute atomic E-state index is 12.9. The number of allylic oxidation sites excluding steroid dienone is 1. The Bertz CT molecular complexity index is 1190. The lowest BCUT2D eigenvalue weighted by Gasteiger charge is -2.44. The van der Waals surface area contributed by atoms with Crippen molar-refractivity contribution in [3.63, 3.8) is 0 Å². The Morgan fingerprint density at radius 1 is 1.08 bits per heavy atom. The standard InChI is InChI=1S/C25H26O13/c26-8-15-18(29)19(30)20(31)24(36-15)37-23-16-12(14(9-35-23)21(32)33)5-6-25(16)7-13(22(34)38-25)17(28)10-1-3-11(27)4-2-10/h1-7,9,12,15-20,23-24,26-31H,8H2,(H,32,33)/t12-,15-,16-,17+,18-,19+,20-,23+,24+,25-/m1/s1. The van der Waals surface area contributed by atoms with E-state index in [0.29, 0.717) is 5.56 Å². The highest BCUT2D eigenvalue weighted by molar-refractivity contribution is 5.94. The predicted octanol–water partition coefficient (Wildman–Crippen LogP) is -1.41. The van der Waals surface area contributed by atoms with Crippen molar-refractivity contribution in [3.05, 3.63) is 65.5 Å². The molecule has 204 valence electrons. The number of carbonyl (C=O) groups excluding carboxylic acids is 1. The van der Waals surface area contributed by atoms with E-state index in [1.807, 2.05) is 0 Å². The molecule has 1 aromatic carbocycles. The number of phenols is 1. The van der Waals surface area contributed by atoms with E-state index >= 15 is 0 Å². The van der Waals surface area contributed by atoms with E-state index in [-0.39, 0.29) is 16.9 Å². The average Bonchev–Trinajstić information content (AvgIpc) is 3.43. The zero-order valence-corrected chi connectivity index (χ0v) is 19.6. The summed E-state index contributed by atoms with van der Waals surface area (Å²) in [6.45, 7) is -0.699. The van der Waals surface area contributed by atoms with Gasteiger partial charge in [0.25, 0.3) is 0 Å². The van der Waals surface area contributed by atoms with Gasteiger partial charge < -0.3 is 54.7 Å². The van der Waals surface area contributed by atoms with Crippen LogP contribution in [0.1, 0.15) is 11.7 Å². The maximum atomic E-state index is 12.9. The van der Waals surface area contributed by atoms with Crippen molar-refractivity contribution in [2.24, 2.45) is 11.8 Å². The second-order valence-electron chi connectivity index (χ2n) is 9.46. The summed E-state index contributed by atoms with van der Waals surface area (Å²) >= 11 is 0. The summed E-state index contributed by atoms with van der Waals surface area (Å²) < 4.78 is 22.4. The number of hydrogen-bond acceptors (Lipinski definition) is 12. The Morgan fingerprint density at radius 2 is 1.79 bits per heavy atom. The Hall–Kier alpha value is -3.30. The van der Waals surface area contributed by atoms with Crippen molar-refractivity contribution in [2.75, 3.05) is 6.61 Å². The van der Waals surface area contributed by atoms with Gasteiger partial charge in [-0.15, -0.1) is 0 Å². The first-order chi connectivity index (χ1) is 18.1. The highest BCUT2D eigenvalue weighted by Gasteiger charge is 2.59. The van der Waals surface area contributed by atoms with Gasteiger partial charge in [0.15, 0.2) is 11.9 Å². The van der Waals surface area contributed by atoms with Gasteiger partial charge in [-0.2, -0.15) is 0 Å². The number of carboxylic acid groups (broad SMARTS) is 1. The minimum absolute atomic E-state index is 0.0394. The van der Waals surface area contributed by atoms with E-state index < -0.39 is 79.1 Å². The van der Waals surface area contributed by atoms with Crippen LogP contribution < -0.4 is 0 Å². The number of ether oxygens (including phenoxy) is 4. The third-order valence-corrected chi connectivity index (χ3v) is 7.21. The first kappa shape index (κ1) is 26.3. The van der Waals surface area contributed by atoms with E-state index in [1.54, 1.807) is 0 Å². The van der Waals surface area contributed by atoms with Crippen molar-refractivity contribution < 1.29 is 64.3 Å². The van der Waals surface area contributed by atoms with Crippen LogP contribution in [-0.2, 0) is 28.5 Å². The molecule has 0 radical (unpaired) electrons. The van der Waals surface area contributed by atoms with Crippen LogP contribution in [0, 0.1) is 11.8 Å². The van der Waals surface area contributed by atoms with Gasteiger partial charge in [0, 0.05) is 5.92 Å². The third-order valence-electron chi connectivity index (χ3n) is 7.21. The largest absolute Gasteiger partial charge is 0.508 e. The zero-order chi connectivity index (χ0) is 27.4. The van der Waals surface area contributed by atoms with Gasteiger partial charge in [-0.25, -0.2) is 9.59 Å². The van der Waals surface area contributed by atoms with Crippen LogP contribution in [0.5, 0.6) is 5.75 Å². The van der Waals surface area contributed by atoms with Crippen molar-refractivity contribution in [1.29, 1.82) is 0 Å². The number of aliphatic hydroxyl groups is 5. The van der Waals surface area contributed by atoms with Crippen LogP contribution in [0.2, 0.25) is 0 Å². The second-order valence-corrected chi connectivity index (χ2v) is 9.46. The molecule has 1 saturated heterocycles. The van der Waals surface area contributed by atoms with Gasteiger partial charge >= 0.3 is 11.9 Å². The first-order valence-corrected chi connectivity index (χ1v) is 11.7. The van der Waals surface area contributed by atoms with Crippen molar-refractivity contribution in [2.45, 2.75) is 48.7 Å². The van der Waals surface area contributed by atoms with Crippen molar-refractivity contribution in [3.8, 4) is 5.75 Å². The third kappa shape index (κ3) is 4.27. The molecule has 13 nitrogen and oxygen atoms in total. The molecular formula is C25H26O13. The number of phenolic OH excluding ortho intramolecular Hbond substituents is 1. The molecule has 3 aliphatic heterocycles. The van der Waals surface area contributed by atoms with E-state index in [0.717, 1.165) is 6.26 Å². The summed E-state index contributed by atoms with van der Waals surface area (Å²) in [6.07, 6.45) is -5.61. The molecule has 13 heteroatoms. The van der Waals surface area contributed by atoms with Crippen LogP contribution in [0.3, 0.4) is 0 Å². The summed E-state index contributed by atoms with van der Waals surface area (Å²) in [6, 6.07) is 5.52. The topological polar surface area (TPSA) is 213 Å². The number of rotatable bonds is 6. The fourth-order valence-corrected chi connectivity index (χ4v) is 5.19. The number of aliphatic carboxylic acids is 1. The van der Waals surface area contributed by atoms with E-state index in [9.17, 15) is 45.3 Å². The number of benzene rings is 1. The van der Waals surface area contributed by atoms with Crippen molar-refractivity contribution >= 4 is 11.9 Å². The lowest BCUT2D eigenvalue weighted by molar-refractivity contribution is -0.344. The smallest absolute Gasteiger partial charge is 0.338 e. The molecule has 1 aromatic rings. The molecule has 0 saturated carbocycles. The Morgan fingerprint density at radius 3 is 2.45 bits per heavy atom. The first-order valence-electron chi connectivity index (χ1n) is 11.7. The summed E-state index contributed by atoms with van der Waals surface area (Å²) in [5.74, 6) is -4.19. The molecule has 10 atom stereocenters. The van der Waals surface area contributed by atoms with Gasteiger partial charge in [-0.3, -0.25) is 0 Å². The summed E-state index contributed by atoms with van der Waals surface area (Å²) in [4.78, 5) is 24.8. The lowest BCUT2D eigenvalue weighted by atomic mass is 9.78. The van der Waals surface area contributed by atoms with Gasteiger partial charge in [0.1, 0.15) is 36.3 Å². The molecule has 4 aliphatic rings. The molecular weight excluding hydrogens is 508 g/mol. The van der Waals surface area contributed by atoms with Crippen LogP contribution in [0.4, 0.5) is 0 Å². The van der Waals surface area contributed by atoms with Gasteiger partial charge in [0.05, 0.1) is 29.9 Å². The second kappa shape index (κ2) is 9.78. The normalized spacial score (nSPS) is 38.7. The number of aliphatic hydroxyl groups excluding tert-OH is 5. The summed E-state index contributed by atoms with van der Waals surface area (Å²) in [5.41, 5.74) is -1.64. The van der Waals surface area contributed by atoms with Crippen molar-refractivity contribution in [1.82, 2.24) is 0 Å². The average molecular weight is 534 g/mol. The van der Waals surface area contributed by atoms with Crippen LogP contribution in [0.25, 0.3) is 0 Å². The SMILES string of the molecule is O=C(O)C1=CO[C@@H](O[C@@H]2O[C@H](CO)[C@@H](O)[C@H](O)[C@H]2O)[C@H]2[C@@H]1C=C[C@@]21C=C([C@@H](O)c2ccc(O)cc2)C(=O)O1. The fraction of sp³-hybridized carbons (Fsp3) is 0.440. The molecule has 0 unspecified atom stereocenters. The molecule has 1 fully saturated rings. The quantitative estimate of drug-likeness (QED) is 0.165. The highest BCUT2D eigenvalue weighted by atomic mass is 16.8. The van der Waals surface area contributed by atoms with E-state index in [4.69, 9.17) is 18.9 Å². The monoisotopic (exact) mass is 534 g/mol. The number of esters is 1. The minimum Gasteiger partial charge on any atom is -0.508 e. The molecule has 5 rings (SSSR count). The number of hydrogen-bond donors (Lipinski definition) is 7. The molecule has 0 amide bonds. The molecule has 0 aromatic heterocycles. The number of fused-ring (bicyclic) bond motifs is 2. The van der Waals surface area contributed by atoms with E-state index in [2.05, 4.69) is 0 Å². The number of carboxylic acids is 1. The number of aromatic hydroxyl groups is 1. The van der Waals surface area contributed by atoms with E-state index in [1.165, 1.54) is 42.5 Å². The minimum atomic E-state index is -1.77. The summed E-state index contributed by atoms with van der Waals surface area (Å²) in [7, 11) is 0. The lowest BCUT2D eigenvalue weighted by Crippen LogP contribution is -2.60. The maximum Gasteiger partial charge on any atom is 0.338 e. The molecule has 1 aliphatic carbocycles. The summed E-state index contributed by atoms with van der Waals surface area (Å²) in [5, 5.41) is 70.1. The Balaban J connectivity index is 1.48. The number of carbonyl (C=O) groups is 2. The molecule has 1 spiro atoms. The van der Waals surface area contributed by atoms with Crippen LogP contribution >= 0.6 is 0 Å². The molecule has 0 bridgehead atoms. The predicted molar refractivity (Wildman–Crippen MR) is 122 cm³/mol. The van der Waals surface area contributed by atoms with Crippen LogP contribution in [0.15, 0.2) is 59.9 Å². The fourth-order valence-electron chi connectivity index (χ4n) is 5.19. The Kier molecular flexibility index (Phi) is 6.77. The van der Waals surface area contributed by atoms with Gasteiger partial charge in [-0.05, 0) is 29.8 Å². The van der Waals surface area contributed by atoms with Crippen LogP contribution in [-0.4, -0.2) is 96.9 Å².